The summed E-state index contributed by atoms with van der Waals surface area (Å²) in [5.41, 5.74) is 0.438. The van der Waals surface area contributed by atoms with E-state index in [4.69, 9.17) is 30.5 Å². The summed E-state index contributed by atoms with van der Waals surface area (Å²) in [7, 11) is 3.00. The van der Waals surface area contributed by atoms with Crippen LogP contribution >= 0.6 is 11.6 Å². The Morgan fingerprint density at radius 2 is 1.66 bits per heavy atom. The minimum atomic E-state index is -0.698. The Labute approximate surface area is 190 Å². The lowest BCUT2D eigenvalue weighted by Gasteiger charge is -2.37. The monoisotopic (exact) mass is 461 g/mol. The zero-order valence-electron chi connectivity index (χ0n) is 17.8. The minimum absolute atomic E-state index is 0.150. The number of hydrogen-bond acceptors (Lipinski definition) is 6. The summed E-state index contributed by atoms with van der Waals surface area (Å²) in [6.45, 7) is 1.72. The van der Waals surface area contributed by atoms with Gasteiger partial charge in [-0.1, -0.05) is 23.7 Å². The van der Waals surface area contributed by atoms with E-state index >= 15 is 0 Å². The molecule has 1 atom stereocenters. The van der Waals surface area contributed by atoms with E-state index in [9.17, 15) is 9.59 Å². The standard InChI is InChI=1S/C22H24ClN3O6/c1-29-18-12-19(30-2)15(11-14(18)23)24-22(28)26-9-7-25(8-10-26)21(27)20-13-31-16-5-3-4-6-17(16)32-20/h3-6,11-12,20H,7-10,13H2,1-2H3,(H,24,28). The Kier molecular flexibility index (Phi) is 6.45. The molecule has 1 N–H and O–H groups in total. The van der Waals surface area contributed by atoms with Crippen molar-refractivity contribution in [1.29, 1.82) is 0 Å². The molecule has 2 aromatic carbocycles. The molecule has 4 rings (SSSR count). The molecule has 0 spiro atoms. The molecule has 0 bridgehead atoms. The Balaban J connectivity index is 1.33. The van der Waals surface area contributed by atoms with Gasteiger partial charge in [-0.2, -0.15) is 0 Å². The summed E-state index contributed by atoms with van der Waals surface area (Å²) in [4.78, 5) is 28.9. The van der Waals surface area contributed by atoms with Gasteiger partial charge in [0.25, 0.3) is 5.91 Å². The molecular weight excluding hydrogens is 438 g/mol. The van der Waals surface area contributed by atoms with Gasteiger partial charge in [0.15, 0.2) is 11.5 Å². The van der Waals surface area contributed by atoms with Gasteiger partial charge in [0, 0.05) is 32.2 Å². The quantitative estimate of drug-likeness (QED) is 0.753. The maximum absolute atomic E-state index is 12.9. The number of methoxy groups -OCH3 is 2. The van der Waals surface area contributed by atoms with Crippen LogP contribution in [0.15, 0.2) is 36.4 Å². The first-order chi connectivity index (χ1) is 15.5. The fourth-order valence-corrected chi connectivity index (χ4v) is 3.87. The molecular formula is C22H24ClN3O6. The molecule has 10 heteroatoms. The number of amides is 3. The van der Waals surface area contributed by atoms with Crippen LogP contribution in [-0.2, 0) is 4.79 Å². The predicted octanol–water partition coefficient (Wildman–Crippen LogP) is 2.87. The zero-order chi connectivity index (χ0) is 22.7. The number of fused-ring (bicyclic) bond motifs is 1. The molecule has 0 saturated carbocycles. The van der Waals surface area contributed by atoms with Gasteiger partial charge in [0.1, 0.15) is 18.1 Å². The van der Waals surface area contributed by atoms with E-state index in [1.807, 2.05) is 12.1 Å². The van der Waals surface area contributed by atoms with Crippen molar-refractivity contribution in [2.75, 3.05) is 52.3 Å². The average molecular weight is 462 g/mol. The summed E-state index contributed by atoms with van der Waals surface area (Å²) in [5, 5.41) is 3.17. The summed E-state index contributed by atoms with van der Waals surface area (Å²) in [5.74, 6) is 1.92. The number of anilines is 1. The van der Waals surface area contributed by atoms with Gasteiger partial charge >= 0.3 is 6.03 Å². The fraction of sp³-hybridized carbons (Fsp3) is 0.364. The SMILES string of the molecule is COc1cc(OC)c(NC(=O)N2CCN(C(=O)C3COc4ccccc4O3)CC2)cc1Cl. The van der Waals surface area contributed by atoms with Gasteiger partial charge in [-0.3, -0.25) is 4.79 Å². The zero-order valence-corrected chi connectivity index (χ0v) is 18.6. The van der Waals surface area contributed by atoms with Gasteiger partial charge < -0.3 is 34.1 Å². The minimum Gasteiger partial charge on any atom is -0.495 e. The first-order valence-corrected chi connectivity index (χ1v) is 10.5. The molecule has 170 valence electrons. The van der Waals surface area contributed by atoms with E-state index in [0.29, 0.717) is 59.9 Å². The number of halogens is 1. The van der Waals surface area contributed by atoms with Crippen LogP contribution in [0.2, 0.25) is 5.02 Å². The van der Waals surface area contributed by atoms with Crippen molar-refractivity contribution in [3.8, 4) is 23.0 Å². The number of hydrogen-bond donors (Lipinski definition) is 1. The third-order valence-corrected chi connectivity index (χ3v) is 5.67. The third-order valence-electron chi connectivity index (χ3n) is 5.38. The molecule has 2 heterocycles. The normalized spacial score (nSPS) is 17.5. The Hall–Kier alpha value is -3.33. The number of para-hydroxylation sites is 2. The van der Waals surface area contributed by atoms with Crippen molar-refractivity contribution in [2.24, 2.45) is 0 Å². The van der Waals surface area contributed by atoms with E-state index < -0.39 is 6.10 Å². The van der Waals surface area contributed by atoms with Crippen LogP contribution in [0.1, 0.15) is 0 Å². The topological polar surface area (TPSA) is 89.6 Å². The lowest BCUT2D eigenvalue weighted by molar-refractivity contribution is -0.142. The second-order valence-corrected chi connectivity index (χ2v) is 7.70. The van der Waals surface area contributed by atoms with Crippen molar-refractivity contribution in [2.45, 2.75) is 6.10 Å². The summed E-state index contributed by atoms with van der Waals surface area (Å²) < 4.78 is 22.0. The van der Waals surface area contributed by atoms with Crippen LogP contribution in [0.5, 0.6) is 23.0 Å². The van der Waals surface area contributed by atoms with Crippen LogP contribution in [0.4, 0.5) is 10.5 Å². The Morgan fingerprint density at radius 3 is 2.34 bits per heavy atom. The van der Waals surface area contributed by atoms with Gasteiger partial charge in [-0.15, -0.1) is 0 Å². The van der Waals surface area contributed by atoms with Crippen molar-refractivity contribution in [3.63, 3.8) is 0 Å². The van der Waals surface area contributed by atoms with E-state index in [1.54, 1.807) is 34.1 Å². The molecule has 9 nitrogen and oxygen atoms in total. The first-order valence-electron chi connectivity index (χ1n) is 10.1. The Bertz CT molecular complexity index is 1010. The lowest BCUT2D eigenvalue weighted by atomic mass is 10.2. The Morgan fingerprint density at radius 1 is 1.00 bits per heavy atom. The van der Waals surface area contributed by atoms with Crippen molar-refractivity contribution in [1.82, 2.24) is 9.80 Å². The van der Waals surface area contributed by atoms with Crippen LogP contribution in [0, 0.1) is 0 Å². The number of ether oxygens (including phenoxy) is 4. The molecule has 1 unspecified atom stereocenters. The van der Waals surface area contributed by atoms with Crippen LogP contribution < -0.4 is 24.3 Å². The van der Waals surface area contributed by atoms with Gasteiger partial charge in [-0.25, -0.2) is 4.79 Å². The lowest BCUT2D eigenvalue weighted by Crippen LogP contribution is -2.55. The van der Waals surface area contributed by atoms with Crippen molar-refractivity contribution < 1.29 is 28.5 Å². The molecule has 2 aliphatic rings. The van der Waals surface area contributed by atoms with E-state index in [1.165, 1.54) is 14.2 Å². The van der Waals surface area contributed by atoms with Gasteiger partial charge in [-0.05, 0) is 18.2 Å². The molecule has 1 saturated heterocycles. The molecule has 2 aliphatic heterocycles. The van der Waals surface area contributed by atoms with Gasteiger partial charge in [0.2, 0.25) is 6.10 Å². The molecule has 32 heavy (non-hydrogen) atoms. The number of benzene rings is 2. The van der Waals surface area contributed by atoms with Crippen LogP contribution in [0.25, 0.3) is 0 Å². The second-order valence-electron chi connectivity index (χ2n) is 7.29. The highest BCUT2D eigenvalue weighted by molar-refractivity contribution is 6.32. The summed E-state index contributed by atoms with van der Waals surface area (Å²) in [6, 6.07) is 10.1. The number of piperazine rings is 1. The van der Waals surface area contributed by atoms with Crippen molar-refractivity contribution >= 4 is 29.2 Å². The molecule has 0 aromatic heterocycles. The summed E-state index contributed by atoms with van der Waals surface area (Å²) >= 11 is 6.18. The molecule has 3 amide bonds. The maximum Gasteiger partial charge on any atom is 0.322 e. The second kappa shape index (κ2) is 9.44. The third kappa shape index (κ3) is 4.47. The van der Waals surface area contributed by atoms with Crippen molar-refractivity contribution in [3.05, 3.63) is 41.4 Å². The molecule has 2 aromatic rings. The van der Waals surface area contributed by atoms with E-state index in [-0.39, 0.29) is 18.5 Å². The van der Waals surface area contributed by atoms with E-state index in [2.05, 4.69) is 5.32 Å². The first kappa shape index (κ1) is 21.9. The predicted molar refractivity (Wildman–Crippen MR) is 118 cm³/mol. The molecule has 1 fully saturated rings. The maximum atomic E-state index is 12.9. The highest BCUT2D eigenvalue weighted by atomic mass is 35.5. The summed E-state index contributed by atoms with van der Waals surface area (Å²) in [6.07, 6.45) is -0.698. The highest BCUT2D eigenvalue weighted by Gasteiger charge is 2.33. The van der Waals surface area contributed by atoms with Crippen LogP contribution in [-0.4, -0.2) is 74.8 Å². The molecule has 0 aliphatic carbocycles. The average Bonchev–Trinajstić information content (AvgIpc) is 2.83. The van der Waals surface area contributed by atoms with E-state index in [0.717, 1.165) is 0 Å². The number of carbonyl (C=O) groups is 2. The number of carbonyl (C=O) groups excluding carboxylic acids is 2. The number of urea groups is 1. The van der Waals surface area contributed by atoms with Gasteiger partial charge in [0.05, 0.1) is 24.9 Å². The largest absolute Gasteiger partial charge is 0.495 e. The van der Waals surface area contributed by atoms with Crippen LogP contribution in [0.3, 0.4) is 0 Å². The fourth-order valence-electron chi connectivity index (χ4n) is 3.63. The number of nitrogens with zero attached hydrogens (tertiary/aromatic N) is 2. The number of nitrogens with one attached hydrogen (secondary N) is 1. The number of rotatable bonds is 4. The highest BCUT2D eigenvalue weighted by Crippen LogP contribution is 2.36. The smallest absolute Gasteiger partial charge is 0.322 e. The molecule has 0 radical (unpaired) electrons.